The van der Waals surface area contributed by atoms with E-state index in [2.05, 4.69) is 39.5 Å². The topological polar surface area (TPSA) is 26.3 Å². The first kappa shape index (κ1) is 14.1. The largest absolute Gasteiger partial charge is 0.496 e. The molecule has 0 bridgehead atoms. The molecular weight excluding hydrogens is 232 g/mol. The highest BCUT2D eigenvalue weighted by Crippen LogP contribution is 2.28. The van der Waals surface area contributed by atoms with Crippen LogP contribution in [0, 0.1) is 0 Å². The molecule has 0 spiro atoms. The molecule has 1 rings (SSSR count). The lowest BCUT2D eigenvalue weighted by molar-refractivity contribution is -0.116. The third-order valence-corrected chi connectivity index (χ3v) is 3.06. The number of thiol groups is 1. The zero-order valence-electron chi connectivity index (χ0n) is 10.9. The van der Waals surface area contributed by atoms with Gasteiger partial charge in [-0.05, 0) is 17.0 Å². The molecule has 0 saturated heterocycles. The monoisotopic (exact) mass is 252 g/mol. The van der Waals surface area contributed by atoms with Gasteiger partial charge in [-0.1, -0.05) is 32.9 Å². The van der Waals surface area contributed by atoms with E-state index in [1.807, 2.05) is 12.1 Å². The number of carbonyl (C=O) groups excluding carboxylic acids is 1. The fraction of sp³-hybridized carbons (Fsp3) is 0.500. The summed E-state index contributed by atoms with van der Waals surface area (Å²) in [5.41, 5.74) is 2.23. The Balaban J connectivity index is 3.11. The van der Waals surface area contributed by atoms with Gasteiger partial charge in [0, 0.05) is 17.7 Å². The minimum absolute atomic E-state index is 0.0744. The van der Waals surface area contributed by atoms with Crippen molar-refractivity contribution in [2.45, 2.75) is 32.6 Å². The van der Waals surface area contributed by atoms with Crippen molar-refractivity contribution in [1.29, 1.82) is 0 Å². The zero-order valence-corrected chi connectivity index (χ0v) is 11.8. The molecule has 2 nitrogen and oxygen atoms in total. The molecule has 0 aliphatic heterocycles. The van der Waals surface area contributed by atoms with E-state index in [0.29, 0.717) is 6.42 Å². The first-order valence-corrected chi connectivity index (χ1v) is 6.31. The quantitative estimate of drug-likeness (QED) is 0.834. The van der Waals surface area contributed by atoms with Gasteiger partial charge in [0.05, 0.1) is 7.11 Å². The summed E-state index contributed by atoms with van der Waals surface area (Å²) in [5.74, 6) is 1.15. The van der Waals surface area contributed by atoms with Crippen molar-refractivity contribution >= 4 is 18.4 Å². The highest BCUT2D eigenvalue weighted by molar-refractivity contribution is 7.81. The molecule has 1 aromatic carbocycles. The van der Waals surface area contributed by atoms with Crippen LogP contribution in [0.2, 0.25) is 0 Å². The molecule has 1 aromatic rings. The summed E-state index contributed by atoms with van der Waals surface area (Å²) in [6.07, 6.45) is 0.386. The van der Waals surface area contributed by atoms with E-state index < -0.39 is 0 Å². The lowest BCUT2D eigenvalue weighted by Crippen LogP contribution is -2.13. The fourth-order valence-corrected chi connectivity index (χ4v) is 1.76. The van der Waals surface area contributed by atoms with Gasteiger partial charge in [-0.15, -0.1) is 0 Å². The maximum Gasteiger partial charge on any atom is 0.146 e. The molecule has 0 aliphatic carbocycles. The van der Waals surface area contributed by atoms with Crippen molar-refractivity contribution in [2.24, 2.45) is 0 Å². The Morgan fingerprint density at radius 3 is 2.47 bits per heavy atom. The van der Waals surface area contributed by atoms with Crippen LogP contribution in [-0.4, -0.2) is 18.6 Å². The van der Waals surface area contributed by atoms with E-state index in [1.54, 1.807) is 7.11 Å². The number of Topliss-reactive ketones (excluding diaryl/α,β-unsaturated/α-hetero) is 1. The Bertz CT molecular complexity index is 405. The summed E-state index contributed by atoms with van der Waals surface area (Å²) in [6.45, 7) is 6.46. The molecule has 17 heavy (non-hydrogen) atoms. The van der Waals surface area contributed by atoms with Gasteiger partial charge < -0.3 is 4.74 Å². The summed E-state index contributed by atoms with van der Waals surface area (Å²) < 4.78 is 5.28. The average molecular weight is 252 g/mol. The number of ketones is 1. The summed E-state index contributed by atoms with van der Waals surface area (Å²) >= 11 is 4.00. The second kappa shape index (κ2) is 5.58. The van der Waals surface area contributed by atoms with Crippen molar-refractivity contribution in [3.63, 3.8) is 0 Å². The van der Waals surface area contributed by atoms with Gasteiger partial charge >= 0.3 is 0 Å². The number of methoxy groups -OCH3 is 1. The fourth-order valence-electron chi connectivity index (χ4n) is 1.65. The van der Waals surface area contributed by atoms with Crippen molar-refractivity contribution in [1.82, 2.24) is 0 Å². The van der Waals surface area contributed by atoms with Crippen LogP contribution in [0.3, 0.4) is 0 Å². The lowest BCUT2D eigenvalue weighted by Gasteiger charge is -2.21. The van der Waals surface area contributed by atoms with Gasteiger partial charge in [0.1, 0.15) is 11.5 Å². The van der Waals surface area contributed by atoms with Crippen molar-refractivity contribution in [3.05, 3.63) is 29.3 Å². The number of hydrogen-bond donors (Lipinski definition) is 1. The molecule has 0 aromatic heterocycles. The van der Waals surface area contributed by atoms with Crippen LogP contribution < -0.4 is 4.74 Å². The van der Waals surface area contributed by atoms with Gasteiger partial charge in [0.2, 0.25) is 0 Å². The third-order valence-electron chi connectivity index (χ3n) is 2.71. The van der Waals surface area contributed by atoms with Crippen molar-refractivity contribution in [3.8, 4) is 5.75 Å². The highest BCUT2D eigenvalue weighted by atomic mass is 32.1. The molecular formula is C14H20O2S. The summed E-state index contributed by atoms with van der Waals surface area (Å²) in [4.78, 5) is 11.5. The Morgan fingerprint density at radius 2 is 2.00 bits per heavy atom. The molecule has 3 heteroatoms. The Kier molecular flexibility index (Phi) is 4.63. The molecule has 94 valence electrons. The second-order valence-corrected chi connectivity index (χ2v) is 5.47. The lowest BCUT2D eigenvalue weighted by atomic mass is 9.85. The molecule has 0 aliphatic rings. The van der Waals surface area contributed by atoms with E-state index in [9.17, 15) is 4.79 Å². The molecule has 0 heterocycles. The van der Waals surface area contributed by atoms with E-state index >= 15 is 0 Å². The summed E-state index contributed by atoms with van der Waals surface area (Å²) in [6, 6.07) is 6.04. The third kappa shape index (κ3) is 3.77. The predicted octanol–water partition coefficient (Wildman–Crippen LogP) is 3.03. The van der Waals surface area contributed by atoms with Gasteiger partial charge in [-0.2, -0.15) is 12.6 Å². The van der Waals surface area contributed by atoms with Crippen LogP contribution >= 0.6 is 12.6 Å². The first-order valence-electron chi connectivity index (χ1n) is 5.68. The zero-order chi connectivity index (χ0) is 13.1. The van der Waals surface area contributed by atoms with Crippen molar-refractivity contribution < 1.29 is 9.53 Å². The highest BCUT2D eigenvalue weighted by Gasteiger charge is 2.16. The van der Waals surface area contributed by atoms with E-state index in [1.165, 1.54) is 5.56 Å². The normalized spacial score (nSPS) is 11.4. The van der Waals surface area contributed by atoms with Crippen LogP contribution in [-0.2, 0) is 16.6 Å². The molecule has 0 amide bonds. The number of benzene rings is 1. The maximum absolute atomic E-state index is 11.5. The predicted molar refractivity (Wildman–Crippen MR) is 74.3 cm³/mol. The molecule has 0 fully saturated rings. The number of carbonyl (C=O) groups is 1. The molecule has 0 saturated carbocycles. The molecule has 0 N–H and O–H groups in total. The SMILES string of the molecule is COc1ccc(C(C)(C)C)cc1CC(=O)CS. The van der Waals surface area contributed by atoms with Crippen LogP contribution in [0.5, 0.6) is 5.75 Å². The Labute approximate surface area is 109 Å². The Morgan fingerprint density at radius 1 is 1.35 bits per heavy atom. The van der Waals surface area contributed by atoms with Gasteiger partial charge in [0.15, 0.2) is 0 Å². The molecule has 0 radical (unpaired) electrons. The number of hydrogen-bond acceptors (Lipinski definition) is 3. The van der Waals surface area contributed by atoms with Crippen LogP contribution in [0.25, 0.3) is 0 Å². The van der Waals surface area contributed by atoms with Crippen LogP contribution in [0.1, 0.15) is 31.9 Å². The van der Waals surface area contributed by atoms with E-state index in [4.69, 9.17) is 4.74 Å². The number of rotatable bonds is 4. The summed E-state index contributed by atoms with van der Waals surface area (Å²) in [5, 5.41) is 0. The molecule has 0 atom stereocenters. The van der Waals surface area contributed by atoms with Crippen molar-refractivity contribution in [2.75, 3.05) is 12.9 Å². The maximum atomic E-state index is 11.5. The van der Waals surface area contributed by atoms with E-state index in [-0.39, 0.29) is 17.0 Å². The van der Waals surface area contributed by atoms with Crippen LogP contribution in [0.15, 0.2) is 18.2 Å². The van der Waals surface area contributed by atoms with Crippen LogP contribution in [0.4, 0.5) is 0 Å². The minimum Gasteiger partial charge on any atom is -0.496 e. The first-order chi connectivity index (χ1) is 7.88. The molecule has 0 unspecified atom stereocenters. The number of ether oxygens (including phenoxy) is 1. The minimum atomic E-state index is 0.0744. The average Bonchev–Trinajstić information content (AvgIpc) is 2.27. The summed E-state index contributed by atoms with van der Waals surface area (Å²) in [7, 11) is 1.63. The van der Waals surface area contributed by atoms with Gasteiger partial charge in [0.25, 0.3) is 0 Å². The Hall–Kier alpha value is -0.960. The van der Waals surface area contributed by atoms with Gasteiger partial charge in [-0.25, -0.2) is 0 Å². The second-order valence-electron chi connectivity index (χ2n) is 5.15. The standard InChI is InChI=1S/C14H20O2S/c1-14(2,3)11-5-6-13(16-4)10(7-11)8-12(15)9-17/h5-7,17H,8-9H2,1-4H3. The smallest absolute Gasteiger partial charge is 0.146 e. The van der Waals surface area contributed by atoms with E-state index in [0.717, 1.165) is 11.3 Å². The van der Waals surface area contributed by atoms with Gasteiger partial charge in [-0.3, -0.25) is 4.79 Å².